The molecule has 0 bridgehead atoms. The summed E-state index contributed by atoms with van der Waals surface area (Å²) < 4.78 is 11.2. The lowest BCUT2D eigenvalue weighted by atomic mass is 9.81. The average Bonchev–Trinajstić information content (AvgIpc) is 2.33. The summed E-state index contributed by atoms with van der Waals surface area (Å²) in [6, 6.07) is 1.81. The Morgan fingerprint density at radius 3 is 2.82 bits per heavy atom. The van der Waals surface area contributed by atoms with E-state index in [0.29, 0.717) is 35.7 Å². The second-order valence-electron chi connectivity index (χ2n) is 4.70. The Hall–Kier alpha value is -0.930. The predicted octanol–water partition coefficient (Wildman–Crippen LogP) is 3.04. The zero-order chi connectivity index (χ0) is 12.0. The van der Waals surface area contributed by atoms with Gasteiger partial charge in [-0.1, -0.05) is 18.5 Å². The molecule has 2 unspecified atom stereocenters. The second kappa shape index (κ2) is 4.07. The number of aliphatic hydroxyl groups excluding tert-OH is 1. The Balaban J connectivity index is 2.24. The van der Waals surface area contributed by atoms with E-state index in [0.717, 1.165) is 24.0 Å². The van der Waals surface area contributed by atoms with Crippen LogP contribution in [0.1, 0.15) is 42.9 Å². The van der Waals surface area contributed by atoms with Crippen LogP contribution in [0.3, 0.4) is 0 Å². The van der Waals surface area contributed by atoms with Crippen LogP contribution in [-0.2, 0) is 0 Å². The first-order valence-corrected chi connectivity index (χ1v) is 6.36. The molecule has 0 fully saturated rings. The third kappa shape index (κ3) is 1.69. The van der Waals surface area contributed by atoms with E-state index in [9.17, 15) is 5.11 Å². The largest absolute Gasteiger partial charge is 0.486 e. The van der Waals surface area contributed by atoms with Gasteiger partial charge >= 0.3 is 0 Å². The van der Waals surface area contributed by atoms with Gasteiger partial charge < -0.3 is 14.6 Å². The van der Waals surface area contributed by atoms with E-state index < -0.39 is 6.10 Å². The lowest BCUT2D eigenvalue weighted by Crippen LogP contribution is -2.21. The maximum Gasteiger partial charge on any atom is 0.167 e. The van der Waals surface area contributed by atoms with Gasteiger partial charge in [0.2, 0.25) is 0 Å². The van der Waals surface area contributed by atoms with Crippen LogP contribution < -0.4 is 9.47 Å². The topological polar surface area (TPSA) is 38.7 Å². The van der Waals surface area contributed by atoms with Gasteiger partial charge in [-0.3, -0.25) is 0 Å². The standard InChI is InChI=1S/C13H15ClO3/c1-7-2-3-9(15)12-11(7)8(14)6-10-13(12)17-5-4-16-10/h6-7,9,15H,2-5H2,1H3. The van der Waals surface area contributed by atoms with Gasteiger partial charge in [-0.15, -0.1) is 0 Å². The number of hydrogen-bond acceptors (Lipinski definition) is 3. The van der Waals surface area contributed by atoms with Gasteiger partial charge in [-0.25, -0.2) is 0 Å². The van der Waals surface area contributed by atoms with E-state index in [1.54, 1.807) is 0 Å². The highest BCUT2D eigenvalue weighted by atomic mass is 35.5. The first-order chi connectivity index (χ1) is 8.18. The molecule has 0 saturated carbocycles. The maximum atomic E-state index is 10.2. The number of ether oxygens (including phenoxy) is 2. The number of halogens is 1. The van der Waals surface area contributed by atoms with E-state index in [4.69, 9.17) is 21.1 Å². The quantitative estimate of drug-likeness (QED) is 0.773. The molecular weight excluding hydrogens is 240 g/mol. The number of rotatable bonds is 0. The Morgan fingerprint density at radius 2 is 2.00 bits per heavy atom. The van der Waals surface area contributed by atoms with Crippen molar-refractivity contribution in [3.8, 4) is 11.5 Å². The van der Waals surface area contributed by atoms with Crippen molar-refractivity contribution in [2.45, 2.75) is 31.8 Å². The van der Waals surface area contributed by atoms with Crippen molar-refractivity contribution in [1.29, 1.82) is 0 Å². The van der Waals surface area contributed by atoms with Crippen molar-refractivity contribution in [3.05, 3.63) is 22.2 Å². The lowest BCUT2D eigenvalue weighted by Gasteiger charge is -2.32. The minimum absolute atomic E-state index is 0.358. The molecule has 0 saturated heterocycles. The Morgan fingerprint density at radius 1 is 1.24 bits per heavy atom. The van der Waals surface area contributed by atoms with Gasteiger partial charge in [0.1, 0.15) is 13.2 Å². The van der Waals surface area contributed by atoms with Crippen molar-refractivity contribution < 1.29 is 14.6 Å². The summed E-state index contributed by atoms with van der Waals surface area (Å²) >= 11 is 6.29. The van der Waals surface area contributed by atoms with Gasteiger partial charge in [0.05, 0.1) is 6.10 Å². The smallest absolute Gasteiger partial charge is 0.167 e. The van der Waals surface area contributed by atoms with Crippen LogP contribution in [0.15, 0.2) is 6.07 Å². The lowest BCUT2D eigenvalue weighted by molar-refractivity contribution is 0.130. The van der Waals surface area contributed by atoms with Crippen molar-refractivity contribution in [3.63, 3.8) is 0 Å². The molecule has 0 radical (unpaired) electrons. The first-order valence-electron chi connectivity index (χ1n) is 5.98. The Bertz CT molecular complexity index is 458. The summed E-state index contributed by atoms with van der Waals surface area (Å²) in [5.74, 6) is 1.71. The Kier molecular flexibility index (Phi) is 2.68. The molecule has 3 rings (SSSR count). The van der Waals surface area contributed by atoms with Gasteiger partial charge in [-0.2, -0.15) is 0 Å². The fraction of sp³-hybridized carbons (Fsp3) is 0.538. The summed E-state index contributed by atoms with van der Waals surface area (Å²) in [4.78, 5) is 0. The molecule has 2 atom stereocenters. The van der Waals surface area contributed by atoms with Gasteiger partial charge in [0.15, 0.2) is 11.5 Å². The summed E-state index contributed by atoms with van der Waals surface area (Å²) in [5.41, 5.74) is 1.86. The molecule has 3 nitrogen and oxygen atoms in total. The highest BCUT2D eigenvalue weighted by Crippen LogP contribution is 2.50. The van der Waals surface area contributed by atoms with Crippen LogP contribution in [0.2, 0.25) is 5.02 Å². The van der Waals surface area contributed by atoms with Crippen molar-refractivity contribution >= 4 is 11.6 Å². The van der Waals surface area contributed by atoms with E-state index in [1.165, 1.54) is 0 Å². The van der Waals surface area contributed by atoms with E-state index >= 15 is 0 Å². The molecular formula is C13H15ClO3. The van der Waals surface area contributed by atoms with Crippen LogP contribution in [0, 0.1) is 0 Å². The fourth-order valence-corrected chi connectivity index (χ4v) is 3.11. The summed E-state index contributed by atoms with van der Waals surface area (Å²) in [5, 5.41) is 10.8. The second-order valence-corrected chi connectivity index (χ2v) is 5.11. The molecule has 0 amide bonds. The molecule has 0 aromatic heterocycles. The minimum atomic E-state index is -0.490. The highest BCUT2D eigenvalue weighted by Gasteiger charge is 2.32. The summed E-state index contributed by atoms with van der Waals surface area (Å²) in [7, 11) is 0. The van der Waals surface area contributed by atoms with Gasteiger partial charge in [-0.05, 0) is 24.3 Å². The monoisotopic (exact) mass is 254 g/mol. The van der Waals surface area contributed by atoms with Gasteiger partial charge in [0.25, 0.3) is 0 Å². The van der Waals surface area contributed by atoms with E-state index in [1.807, 2.05) is 6.07 Å². The number of hydrogen-bond donors (Lipinski definition) is 1. The van der Waals surface area contributed by atoms with Crippen LogP contribution in [0.5, 0.6) is 11.5 Å². The molecule has 1 aromatic rings. The number of fused-ring (bicyclic) bond motifs is 3. The molecule has 4 heteroatoms. The van der Waals surface area contributed by atoms with Crippen LogP contribution in [-0.4, -0.2) is 18.3 Å². The SMILES string of the molecule is CC1CCC(O)c2c3c(cc(Cl)c21)OCCO3. The van der Waals surface area contributed by atoms with Crippen molar-refractivity contribution in [2.75, 3.05) is 13.2 Å². The van der Waals surface area contributed by atoms with E-state index in [2.05, 4.69) is 6.92 Å². The number of benzene rings is 1. The fourth-order valence-electron chi connectivity index (χ4n) is 2.72. The first kappa shape index (κ1) is 11.2. The van der Waals surface area contributed by atoms with Crippen molar-refractivity contribution in [1.82, 2.24) is 0 Å². The third-order valence-corrected chi connectivity index (χ3v) is 3.87. The van der Waals surface area contributed by atoms with E-state index in [-0.39, 0.29) is 0 Å². The molecule has 2 aliphatic rings. The molecule has 17 heavy (non-hydrogen) atoms. The zero-order valence-corrected chi connectivity index (χ0v) is 10.5. The zero-order valence-electron chi connectivity index (χ0n) is 9.70. The van der Waals surface area contributed by atoms with Crippen LogP contribution in [0.25, 0.3) is 0 Å². The summed E-state index contributed by atoms with van der Waals surface area (Å²) in [6.45, 7) is 3.20. The number of aliphatic hydroxyl groups is 1. The predicted molar refractivity (Wildman–Crippen MR) is 65.1 cm³/mol. The molecule has 1 N–H and O–H groups in total. The molecule has 0 spiro atoms. The van der Waals surface area contributed by atoms with Crippen LogP contribution >= 0.6 is 11.6 Å². The molecule has 1 aromatic carbocycles. The Labute approximate surface area is 105 Å². The molecule has 1 heterocycles. The average molecular weight is 255 g/mol. The van der Waals surface area contributed by atoms with Crippen molar-refractivity contribution in [2.24, 2.45) is 0 Å². The molecule has 1 aliphatic carbocycles. The highest BCUT2D eigenvalue weighted by molar-refractivity contribution is 6.31. The molecule has 92 valence electrons. The molecule has 1 aliphatic heterocycles. The minimum Gasteiger partial charge on any atom is -0.486 e. The maximum absolute atomic E-state index is 10.2. The summed E-state index contributed by atoms with van der Waals surface area (Å²) in [6.07, 6.45) is 1.22. The normalized spacial score (nSPS) is 26.5. The third-order valence-electron chi connectivity index (χ3n) is 3.56. The van der Waals surface area contributed by atoms with Gasteiger partial charge in [0, 0.05) is 16.7 Å². The van der Waals surface area contributed by atoms with Crippen LogP contribution in [0.4, 0.5) is 0 Å².